The van der Waals surface area contributed by atoms with Gasteiger partial charge in [0, 0.05) is 26.7 Å². The highest BCUT2D eigenvalue weighted by molar-refractivity contribution is 4.66. The van der Waals surface area contributed by atoms with Gasteiger partial charge in [0.15, 0.2) is 0 Å². The third kappa shape index (κ3) is 9.13. The molecule has 0 heterocycles. The molecule has 1 N–H and O–H groups in total. The van der Waals surface area contributed by atoms with Gasteiger partial charge in [0.2, 0.25) is 0 Å². The van der Waals surface area contributed by atoms with Crippen molar-refractivity contribution in [2.45, 2.75) is 27.7 Å². The predicted octanol–water partition coefficient (Wildman–Crippen LogP) is 1.84. The van der Waals surface area contributed by atoms with Gasteiger partial charge in [0.05, 0.1) is 6.61 Å². The van der Waals surface area contributed by atoms with Gasteiger partial charge < -0.3 is 15.0 Å². The van der Waals surface area contributed by atoms with Crippen LogP contribution in [0.15, 0.2) is 0 Å². The molecule has 0 spiro atoms. The molecular weight excluding hydrogens is 200 g/mol. The fraction of sp³-hybridized carbons (Fsp3) is 1.00. The summed E-state index contributed by atoms with van der Waals surface area (Å²) in [5.41, 5.74) is 0. The first kappa shape index (κ1) is 15.9. The number of methoxy groups -OCH3 is 1. The summed E-state index contributed by atoms with van der Waals surface area (Å²) >= 11 is 0. The molecule has 0 amide bonds. The zero-order chi connectivity index (χ0) is 12.4. The summed E-state index contributed by atoms with van der Waals surface area (Å²) in [5.74, 6) is 1.43. The van der Waals surface area contributed by atoms with E-state index in [0.717, 1.165) is 38.7 Å². The van der Waals surface area contributed by atoms with Gasteiger partial charge in [-0.05, 0) is 24.9 Å². The maximum absolute atomic E-state index is 5.16. The fourth-order valence-electron chi connectivity index (χ4n) is 1.89. The van der Waals surface area contributed by atoms with Gasteiger partial charge in [-0.3, -0.25) is 0 Å². The molecule has 16 heavy (non-hydrogen) atoms. The molecule has 0 aromatic rings. The summed E-state index contributed by atoms with van der Waals surface area (Å²) in [6.45, 7) is 15.4. The summed E-state index contributed by atoms with van der Waals surface area (Å²) in [6.07, 6.45) is 0. The molecule has 0 bridgehead atoms. The van der Waals surface area contributed by atoms with Gasteiger partial charge in [-0.1, -0.05) is 27.7 Å². The maximum atomic E-state index is 5.16. The first-order chi connectivity index (χ1) is 7.60. The number of nitrogens with zero attached hydrogens (tertiary/aromatic N) is 1. The van der Waals surface area contributed by atoms with Crippen LogP contribution in [0.2, 0.25) is 0 Å². The molecule has 0 aliphatic rings. The molecule has 0 aromatic carbocycles. The van der Waals surface area contributed by atoms with Crippen LogP contribution in [0.1, 0.15) is 27.7 Å². The second kappa shape index (κ2) is 10.1. The Morgan fingerprint density at radius 1 is 1.19 bits per heavy atom. The standard InChI is InChI=1S/C13H30N2O/c1-6-14-9-13(4)11-15(7-8-16-5)10-12(2)3/h12-14H,6-11H2,1-5H3. The highest BCUT2D eigenvalue weighted by Crippen LogP contribution is 2.03. The number of ether oxygens (including phenoxy) is 1. The minimum Gasteiger partial charge on any atom is -0.383 e. The van der Waals surface area contributed by atoms with Gasteiger partial charge in [-0.15, -0.1) is 0 Å². The zero-order valence-electron chi connectivity index (χ0n) is 11.8. The van der Waals surface area contributed by atoms with Crippen molar-refractivity contribution < 1.29 is 4.74 Å². The second-order valence-corrected chi connectivity index (χ2v) is 5.06. The molecule has 3 heteroatoms. The summed E-state index contributed by atoms with van der Waals surface area (Å²) < 4.78 is 5.16. The fourth-order valence-corrected chi connectivity index (χ4v) is 1.89. The van der Waals surface area contributed by atoms with Crippen molar-refractivity contribution in [1.29, 1.82) is 0 Å². The molecule has 3 nitrogen and oxygen atoms in total. The van der Waals surface area contributed by atoms with E-state index in [1.54, 1.807) is 7.11 Å². The smallest absolute Gasteiger partial charge is 0.0589 e. The number of hydrogen-bond acceptors (Lipinski definition) is 3. The van der Waals surface area contributed by atoms with Gasteiger partial charge >= 0.3 is 0 Å². The Kier molecular flexibility index (Phi) is 9.99. The first-order valence-electron chi connectivity index (χ1n) is 6.52. The average Bonchev–Trinajstić information content (AvgIpc) is 2.22. The normalized spacial score (nSPS) is 13.7. The largest absolute Gasteiger partial charge is 0.383 e. The predicted molar refractivity (Wildman–Crippen MR) is 70.9 cm³/mol. The van der Waals surface area contributed by atoms with E-state index >= 15 is 0 Å². The SMILES string of the molecule is CCNCC(C)CN(CCOC)CC(C)C. The molecule has 0 rings (SSSR count). The minimum atomic E-state index is 0.704. The summed E-state index contributed by atoms with van der Waals surface area (Å²) in [4.78, 5) is 2.51. The molecule has 0 aromatic heterocycles. The molecule has 98 valence electrons. The molecular formula is C13H30N2O. The van der Waals surface area contributed by atoms with Crippen molar-refractivity contribution >= 4 is 0 Å². The molecule has 0 saturated heterocycles. The van der Waals surface area contributed by atoms with Crippen molar-refractivity contribution in [3.63, 3.8) is 0 Å². The van der Waals surface area contributed by atoms with E-state index in [0.29, 0.717) is 5.92 Å². The lowest BCUT2D eigenvalue weighted by Gasteiger charge is -2.27. The lowest BCUT2D eigenvalue weighted by Crippen LogP contribution is -2.37. The van der Waals surface area contributed by atoms with Crippen LogP contribution in [0, 0.1) is 11.8 Å². The number of hydrogen-bond donors (Lipinski definition) is 1. The highest BCUT2D eigenvalue weighted by atomic mass is 16.5. The van der Waals surface area contributed by atoms with E-state index in [-0.39, 0.29) is 0 Å². The van der Waals surface area contributed by atoms with Crippen LogP contribution >= 0.6 is 0 Å². The van der Waals surface area contributed by atoms with Gasteiger partial charge in [-0.2, -0.15) is 0 Å². The van der Waals surface area contributed by atoms with Crippen LogP contribution in [0.25, 0.3) is 0 Å². The van der Waals surface area contributed by atoms with Crippen molar-refractivity contribution in [3.8, 4) is 0 Å². The quantitative estimate of drug-likeness (QED) is 0.620. The third-order valence-electron chi connectivity index (χ3n) is 2.55. The van der Waals surface area contributed by atoms with E-state index in [2.05, 4.69) is 37.9 Å². The average molecular weight is 230 g/mol. The van der Waals surface area contributed by atoms with E-state index in [1.165, 1.54) is 6.54 Å². The van der Waals surface area contributed by atoms with Crippen molar-refractivity contribution in [2.24, 2.45) is 11.8 Å². The van der Waals surface area contributed by atoms with Crippen molar-refractivity contribution in [1.82, 2.24) is 10.2 Å². The van der Waals surface area contributed by atoms with E-state index in [4.69, 9.17) is 4.74 Å². The lowest BCUT2D eigenvalue weighted by molar-refractivity contribution is 0.130. The first-order valence-corrected chi connectivity index (χ1v) is 6.52. The van der Waals surface area contributed by atoms with Crippen LogP contribution in [-0.2, 0) is 4.74 Å². The Bertz CT molecular complexity index is 151. The molecule has 0 fully saturated rings. The van der Waals surface area contributed by atoms with Gasteiger partial charge in [0.25, 0.3) is 0 Å². The van der Waals surface area contributed by atoms with Crippen LogP contribution in [0.3, 0.4) is 0 Å². The maximum Gasteiger partial charge on any atom is 0.0589 e. The topological polar surface area (TPSA) is 24.5 Å². The summed E-state index contributed by atoms with van der Waals surface area (Å²) in [6, 6.07) is 0. The van der Waals surface area contributed by atoms with Crippen molar-refractivity contribution in [3.05, 3.63) is 0 Å². The van der Waals surface area contributed by atoms with Crippen LogP contribution in [0.4, 0.5) is 0 Å². The van der Waals surface area contributed by atoms with Crippen LogP contribution in [-0.4, -0.2) is 51.3 Å². The van der Waals surface area contributed by atoms with Crippen LogP contribution in [0.5, 0.6) is 0 Å². The number of nitrogens with one attached hydrogen (secondary N) is 1. The molecule has 0 aliphatic heterocycles. The van der Waals surface area contributed by atoms with E-state index in [9.17, 15) is 0 Å². The Labute approximate surface area is 102 Å². The minimum absolute atomic E-state index is 0.704. The van der Waals surface area contributed by atoms with E-state index < -0.39 is 0 Å². The third-order valence-corrected chi connectivity index (χ3v) is 2.55. The summed E-state index contributed by atoms with van der Waals surface area (Å²) in [5, 5.41) is 3.40. The van der Waals surface area contributed by atoms with E-state index in [1.807, 2.05) is 0 Å². The Morgan fingerprint density at radius 3 is 2.38 bits per heavy atom. The van der Waals surface area contributed by atoms with Gasteiger partial charge in [0.1, 0.15) is 0 Å². The van der Waals surface area contributed by atoms with Crippen LogP contribution < -0.4 is 5.32 Å². The second-order valence-electron chi connectivity index (χ2n) is 5.06. The van der Waals surface area contributed by atoms with Crippen molar-refractivity contribution in [2.75, 3.05) is 46.4 Å². The molecule has 1 atom stereocenters. The molecule has 0 aliphatic carbocycles. The lowest BCUT2D eigenvalue weighted by atomic mass is 10.1. The molecule has 0 radical (unpaired) electrons. The molecule has 0 saturated carbocycles. The van der Waals surface area contributed by atoms with Gasteiger partial charge in [-0.25, -0.2) is 0 Å². The summed E-state index contributed by atoms with van der Waals surface area (Å²) in [7, 11) is 1.77. The Hall–Kier alpha value is -0.120. The highest BCUT2D eigenvalue weighted by Gasteiger charge is 2.11. The monoisotopic (exact) mass is 230 g/mol. The zero-order valence-corrected chi connectivity index (χ0v) is 11.8. The Balaban J connectivity index is 3.87. The Morgan fingerprint density at radius 2 is 1.88 bits per heavy atom. The molecule has 1 unspecified atom stereocenters. The number of rotatable bonds is 10.